The van der Waals surface area contributed by atoms with Crippen molar-refractivity contribution >= 4 is 22.8 Å². The molecule has 34 heavy (non-hydrogen) atoms. The summed E-state index contributed by atoms with van der Waals surface area (Å²) in [6.45, 7) is 0. The van der Waals surface area contributed by atoms with Gasteiger partial charge in [-0.2, -0.15) is 13.2 Å². The van der Waals surface area contributed by atoms with Crippen LogP contribution >= 0.6 is 0 Å². The van der Waals surface area contributed by atoms with Gasteiger partial charge in [0.25, 0.3) is 5.91 Å². The van der Waals surface area contributed by atoms with E-state index in [1.165, 1.54) is 12.1 Å². The summed E-state index contributed by atoms with van der Waals surface area (Å²) in [5.41, 5.74) is -4.16. The zero-order valence-electron chi connectivity index (χ0n) is 18.3. The second-order valence-electron chi connectivity index (χ2n) is 8.51. The highest BCUT2D eigenvalue weighted by atomic mass is 19.4. The molecule has 2 aromatic heterocycles. The molecular formula is C23H21F5N4O2. The third-order valence-electron chi connectivity index (χ3n) is 6.06. The lowest BCUT2D eigenvalue weighted by Gasteiger charge is -2.32. The van der Waals surface area contributed by atoms with Crippen LogP contribution in [0.5, 0.6) is 0 Å². The van der Waals surface area contributed by atoms with Gasteiger partial charge in [0.1, 0.15) is 28.6 Å². The van der Waals surface area contributed by atoms with E-state index in [0.29, 0.717) is 11.9 Å². The molecule has 180 valence electrons. The molecule has 1 saturated carbocycles. The Labute approximate surface area is 191 Å². The maximum atomic E-state index is 14.7. The number of nitrogens with one attached hydrogen (secondary N) is 1. The molecule has 0 aliphatic heterocycles. The van der Waals surface area contributed by atoms with E-state index in [1.807, 2.05) is 5.32 Å². The molecule has 0 unspecified atom stereocenters. The molecule has 11 heteroatoms. The first-order chi connectivity index (χ1) is 15.9. The quantitative estimate of drug-likeness (QED) is 0.565. The minimum atomic E-state index is -4.71. The maximum Gasteiger partial charge on any atom is 0.411 e. The SMILES string of the molecule is CN(C)c1ccc2c(=O)c(C(=O)NC3(C(F)(F)F)CCCC3)cn(-c3ccc(F)cc3F)c2n1. The number of anilines is 1. The van der Waals surface area contributed by atoms with E-state index >= 15 is 0 Å². The van der Waals surface area contributed by atoms with Gasteiger partial charge in [0, 0.05) is 26.4 Å². The monoisotopic (exact) mass is 480 g/mol. The van der Waals surface area contributed by atoms with Gasteiger partial charge in [0.15, 0.2) is 5.65 Å². The van der Waals surface area contributed by atoms with Crippen LogP contribution in [0.2, 0.25) is 0 Å². The second kappa shape index (κ2) is 8.37. The zero-order chi connectivity index (χ0) is 24.8. The Bertz CT molecular complexity index is 1330. The number of alkyl halides is 3. The van der Waals surface area contributed by atoms with E-state index in [2.05, 4.69) is 4.98 Å². The molecule has 0 saturated heterocycles. The van der Waals surface area contributed by atoms with Crippen LogP contribution in [0.4, 0.5) is 27.8 Å². The predicted molar refractivity (Wildman–Crippen MR) is 116 cm³/mol. The second-order valence-corrected chi connectivity index (χ2v) is 8.51. The molecule has 1 amide bonds. The van der Waals surface area contributed by atoms with Crippen LogP contribution in [0.3, 0.4) is 0 Å². The smallest absolute Gasteiger partial charge is 0.363 e. The molecule has 1 N–H and O–H groups in total. The van der Waals surface area contributed by atoms with E-state index in [9.17, 15) is 31.5 Å². The molecule has 0 bridgehead atoms. The van der Waals surface area contributed by atoms with Gasteiger partial charge in [0.2, 0.25) is 5.43 Å². The van der Waals surface area contributed by atoms with Gasteiger partial charge in [-0.05, 0) is 37.1 Å². The molecular weight excluding hydrogens is 459 g/mol. The molecule has 4 rings (SSSR count). The van der Waals surface area contributed by atoms with E-state index < -0.39 is 40.2 Å². The molecule has 2 heterocycles. The summed E-state index contributed by atoms with van der Waals surface area (Å²) in [6.07, 6.45) is -3.81. The van der Waals surface area contributed by atoms with Crippen LogP contribution in [0.1, 0.15) is 36.0 Å². The van der Waals surface area contributed by atoms with E-state index in [4.69, 9.17) is 0 Å². The number of hydrogen-bond donors (Lipinski definition) is 1. The number of pyridine rings is 2. The fourth-order valence-corrected chi connectivity index (χ4v) is 4.21. The van der Waals surface area contributed by atoms with Crippen LogP contribution in [0.25, 0.3) is 16.7 Å². The van der Waals surface area contributed by atoms with Gasteiger partial charge in [-0.3, -0.25) is 14.2 Å². The van der Waals surface area contributed by atoms with Gasteiger partial charge >= 0.3 is 6.18 Å². The van der Waals surface area contributed by atoms with Gasteiger partial charge in [-0.25, -0.2) is 13.8 Å². The van der Waals surface area contributed by atoms with E-state index in [1.54, 1.807) is 19.0 Å². The molecule has 0 atom stereocenters. The Hall–Kier alpha value is -3.50. The third-order valence-corrected chi connectivity index (χ3v) is 6.06. The number of benzene rings is 1. The molecule has 1 aliphatic rings. The maximum absolute atomic E-state index is 14.7. The van der Waals surface area contributed by atoms with Crippen molar-refractivity contribution in [2.45, 2.75) is 37.4 Å². The Kier molecular flexibility index (Phi) is 5.82. The molecule has 0 radical (unpaired) electrons. The number of rotatable bonds is 4. The predicted octanol–water partition coefficient (Wildman–Crippen LogP) is 4.33. The summed E-state index contributed by atoms with van der Waals surface area (Å²) in [7, 11) is 3.38. The van der Waals surface area contributed by atoms with Crippen molar-refractivity contribution in [3.05, 3.63) is 63.9 Å². The molecule has 0 spiro atoms. The van der Waals surface area contributed by atoms with Crippen LogP contribution in [-0.2, 0) is 0 Å². The van der Waals surface area contributed by atoms with Crippen LogP contribution in [0.15, 0.2) is 41.3 Å². The van der Waals surface area contributed by atoms with Crippen molar-refractivity contribution in [2.24, 2.45) is 0 Å². The number of hydrogen-bond acceptors (Lipinski definition) is 4. The lowest BCUT2D eigenvalue weighted by molar-refractivity contribution is -0.191. The topological polar surface area (TPSA) is 67.2 Å². The Morgan fingerprint density at radius 1 is 1.12 bits per heavy atom. The van der Waals surface area contributed by atoms with Crippen molar-refractivity contribution in [1.29, 1.82) is 0 Å². The number of aromatic nitrogens is 2. The Morgan fingerprint density at radius 3 is 2.38 bits per heavy atom. The number of fused-ring (bicyclic) bond motifs is 1. The summed E-state index contributed by atoms with van der Waals surface area (Å²) in [6, 6.07) is 5.55. The largest absolute Gasteiger partial charge is 0.411 e. The van der Waals surface area contributed by atoms with Gasteiger partial charge in [-0.15, -0.1) is 0 Å². The van der Waals surface area contributed by atoms with Crippen molar-refractivity contribution in [3.63, 3.8) is 0 Å². The van der Waals surface area contributed by atoms with Crippen LogP contribution < -0.4 is 15.6 Å². The lowest BCUT2D eigenvalue weighted by atomic mass is 9.96. The van der Waals surface area contributed by atoms with Crippen LogP contribution in [-0.4, -0.2) is 41.3 Å². The van der Waals surface area contributed by atoms with Gasteiger partial charge in [0.05, 0.1) is 11.1 Å². The molecule has 3 aromatic rings. The number of halogens is 5. The van der Waals surface area contributed by atoms with Gasteiger partial charge in [-0.1, -0.05) is 12.8 Å². The number of carbonyl (C=O) groups excluding carboxylic acids is 1. The number of amides is 1. The summed E-state index contributed by atoms with van der Waals surface area (Å²) in [5.74, 6) is -2.67. The Balaban J connectivity index is 1.93. The average Bonchev–Trinajstić information content (AvgIpc) is 3.24. The van der Waals surface area contributed by atoms with Gasteiger partial charge < -0.3 is 10.2 Å². The highest BCUT2D eigenvalue weighted by Gasteiger charge is 2.57. The highest BCUT2D eigenvalue weighted by molar-refractivity contribution is 5.98. The molecule has 1 aliphatic carbocycles. The summed E-state index contributed by atoms with van der Waals surface area (Å²) in [5, 5.41) is 1.92. The normalized spacial score (nSPS) is 15.5. The first-order valence-corrected chi connectivity index (χ1v) is 10.5. The van der Waals surface area contributed by atoms with E-state index in [0.717, 1.165) is 22.9 Å². The summed E-state index contributed by atoms with van der Waals surface area (Å²) < 4.78 is 70.7. The fraction of sp³-hybridized carbons (Fsp3) is 0.348. The first-order valence-electron chi connectivity index (χ1n) is 10.5. The lowest BCUT2D eigenvalue weighted by Crippen LogP contribution is -2.57. The Morgan fingerprint density at radius 2 is 1.79 bits per heavy atom. The van der Waals surface area contributed by atoms with Crippen molar-refractivity contribution in [2.75, 3.05) is 19.0 Å². The van der Waals surface area contributed by atoms with Crippen molar-refractivity contribution < 1.29 is 26.7 Å². The minimum absolute atomic E-state index is 0.0374. The van der Waals surface area contributed by atoms with Crippen molar-refractivity contribution in [3.8, 4) is 5.69 Å². The first kappa shape index (κ1) is 23.7. The fourth-order valence-electron chi connectivity index (χ4n) is 4.21. The number of nitrogens with zero attached hydrogens (tertiary/aromatic N) is 3. The van der Waals surface area contributed by atoms with E-state index in [-0.39, 0.29) is 42.4 Å². The summed E-state index contributed by atoms with van der Waals surface area (Å²) in [4.78, 5) is 32.1. The highest BCUT2D eigenvalue weighted by Crippen LogP contribution is 2.43. The minimum Gasteiger partial charge on any atom is -0.363 e. The number of carbonyl (C=O) groups is 1. The molecule has 1 aromatic carbocycles. The third kappa shape index (κ3) is 3.99. The van der Waals surface area contributed by atoms with Crippen molar-refractivity contribution in [1.82, 2.24) is 14.9 Å². The average molecular weight is 480 g/mol. The summed E-state index contributed by atoms with van der Waals surface area (Å²) >= 11 is 0. The zero-order valence-corrected chi connectivity index (χ0v) is 18.3. The molecule has 1 fully saturated rings. The molecule has 6 nitrogen and oxygen atoms in total. The standard InChI is InChI=1S/C23H21F5N4O2/c1-31(2)18-8-6-14-19(33)15(21(34)30-22(23(26,27)28)9-3-4-10-22)12-32(20(14)29-18)17-7-5-13(24)11-16(17)25/h5-8,11-12H,3-4,9-10H2,1-2H3,(H,30,34). The van der Waals surface area contributed by atoms with Crippen LogP contribution in [0, 0.1) is 11.6 Å².